The number of rotatable bonds is 16. The summed E-state index contributed by atoms with van der Waals surface area (Å²) in [7, 11) is 1.74. The predicted octanol–water partition coefficient (Wildman–Crippen LogP) is 11.4. The lowest BCUT2D eigenvalue weighted by Crippen LogP contribution is -2.37. The molecule has 2 aromatic carbocycles. The first-order chi connectivity index (χ1) is 25.5. The molecule has 1 saturated heterocycles. The third-order valence-electron chi connectivity index (χ3n) is 11.1. The van der Waals surface area contributed by atoms with Crippen LogP contribution in [0.3, 0.4) is 0 Å². The number of hydrogen-bond acceptors (Lipinski definition) is 6. The predicted molar refractivity (Wildman–Crippen MR) is 236 cm³/mol. The van der Waals surface area contributed by atoms with Gasteiger partial charge >= 0.3 is 0 Å². The lowest BCUT2D eigenvalue weighted by molar-refractivity contribution is 0.0173. The molecule has 2 aromatic rings. The Morgan fingerprint density at radius 2 is 1.78 bits per heavy atom. The number of aromatic hydroxyl groups is 1. The lowest BCUT2D eigenvalue weighted by atomic mass is 9.84. The largest absolute Gasteiger partial charge is 0.508 e. The van der Waals surface area contributed by atoms with E-state index in [2.05, 4.69) is 127 Å². The van der Waals surface area contributed by atoms with Crippen LogP contribution in [-0.2, 0) is 26.2 Å². The molecular weight excluding hydrogens is 707 g/mol. The number of benzene rings is 2. The highest BCUT2D eigenvalue weighted by Gasteiger charge is 2.44. The summed E-state index contributed by atoms with van der Waals surface area (Å²) in [4.78, 5) is 2.21. The second kappa shape index (κ2) is 19.5. The molecule has 0 amide bonds. The Labute approximate surface area is 334 Å². The van der Waals surface area contributed by atoms with Crippen LogP contribution in [0.4, 0.5) is 5.69 Å². The molecule has 1 heterocycles. The molecule has 0 spiro atoms. The van der Waals surface area contributed by atoms with Gasteiger partial charge in [0.15, 0.2) is 0 Å². The number of ether oxygens (including phenoxy) is 3. The molecule has 0 aromatic heterocycles. The Bertz CT molecular complexity index is 1650. The van der Waals surface area contributed by atoms with Crippen molar-refractivity contribution in [2.45, 2.75) is 121 Å². The van der Waals surface area contributed by atoms with Gasteiger partial charge in [0, 0.05) is 37.9 Å². The van der Waals surface area contributed by atoms with Gasteiger partial charge in [0.25, 0.3) is 0 Å². The summed E-state index contributed by atoms with van der Waals surface area (Å²) in [6, 6.07) is 15.9. The van der Waals surface area contributed by atoms with Crippen LogP contribution in [0.5, 0.6) is 5.75 Å². The summed E-state index contributed by atoms with van der Waals surface area (Å²) in [5.41, 5.74) is 6.97. The van der Waals surface area contributed by atoms with Gasteiger partial charge in [0.2, 0.25) is 0 Å². The van der Waals surface area contributed by atoms with Crippen LogP contribution in [0.15, 0.2) is 82.8 Å². The van der Waals surface area contributed by atoms with Crippen molar-refractivity contribution in [2.24, 2.45) is 0 Å². The van der Waals surface area contributed by atoms with Crippen LogP contribution in [0.2, 0.25) is 0 Å². The summed E-state index contributed by atoms with van der Waals surface area (Å²) in [6.07, 6.45) is 20.5. The maximum Gasteiger partial charge on any atom is 0.140 e. The quantitative estimate of drug-likeness (QED) is 0.104. The van der Waals surface area contributed by atoms with Gasteiger partial charge in [-0.3, -0.25) is 0 Å². The summed E-state index contributed by atoms with van der Waals surface area (Å²) in [6.45, 7) is 18.7. The fourth-order valence-corrected chi connectivity index (χ4v) is 6.93. The summed E-state index contributed by atoms with van der Waals surface area (Å²) >= 11 is 1.88. The smallest absolute Gasteiger partial charge is 0.140 e. The average molecular weight is 775 g/mol. The van der Waals surface area contributed by atoms with Crippen LogP contribution < -0.4 is 4.90 Å². The number of phenols is 1. The van der Waals surface area contributed by atoms with Crippen molar-refractivity contribution in [1.82, 2.24) is 0 Å². The van der Waals surface area contributed by atoms with Crippen LogP contribution in [0.25, 0.3) is 0 Å². The van der Waals surface area contributed by atoms with Crippen molar-refractivity contribution in [3.8, 4) is 17.6 Å². The highest BCUT2D eigenvalue weighted by molar-refractivity contribution is 8.33. The minimum atomic E-state index is -0.443. The molecule has 4 aliphatic rings. The first kappa shape index (κ1) is 44.1. The van der Waals surface area contributed by atoms with Crippen molar-refractivity contribution >= 4 is 27.5 Å². The highest BCUT2D eigenvalue weighted by Crippen LogP contribution is 2.52. The molecule has 7 heteroatoms. The standard InChI is InChI=1S/C24H29NO2S.C16H21O2.C7H18S/c1-5-24(15-17(24)2)28-16-18(3)23(11-12-23)20-14-19(26)9-10-21(20)25(4)22-8-6-7-13-27-22;1-14(9-11-17-12-10-15-7-8-15)18-13-16-5-3-2-4-6-16;1-7(2,3)8(4,5)6/h9-10,14-16,22,26H,5-8,13H2,1-4H3;2-8,14H,9-13H2,1H3;1-6H3/b18-16+;;/t;14-;/m.1./s1. The van der Waals surface area contributed by atoms with E-state index in [0.717, 1.165) is 63.2 Å². The topological polar surface area (TPSA) is 51.2 Å². The first-order valence-corrected chi connectivity index (χ1v) is 23.5. The van der Waals surface area contributed by atoms with E-state index in [1.807, 2.05) is 42.1 Å². The molecule has 54 heavy (non-hydrogen) atoms. The van der Waals surface area contributed by atoms with E-state index < -0.39 is 5.41 Å². The van der Waals surface area contributed by atoms with Gasteiger partial charge in [-0.25, -0.2) is 10.0 Å². The van der Waals surface area contributed by atoms with E-state index in [0.29, 0.717) is 11.4 Å². The third kappa shape index (κ3) is 13.0. The lowest BCUT2D eigenvalue weighted by Gasteiger charge is -2.40. The SMILES string of the molecule is CC(C)(C)S(C)(C)C.CCC1(S/C=C(\C)C2(c3cc(O)ccc3N(C)C3CCCCO3)C#C2)C=C1C.C[C@H](CCOCCC1=C[CH]1)OCc1ccccc1. The molecule has 297 valence electrons. The van der Waals surface area contributed by atoms with E-state index in [4.69, 9.17) is 14.2 Å². The molecule has 0 saturated carbocycles. The first-order valence-electron chi connectivity index (χ1n) is 19.7. The monoisotopic (exact) mass is 774 g/mol. The number of thioether (sulfide) groups is 1. The maximum absolute atomic E-state index is 10.2. The molecule has 5 nitrogen and oxygen atoms in total. The summed E-state index contributed by atoms with van der Waals surface area (Å²) in [5, 5.41) is 12.5. The van der Waals surface area contributed by atoms with Gasteiger partial charge in [0.05, 0.1) is 24.1 Å². The zero-order valence-electron chi connectivity index (χ0n) is 35.1. The van der Waals surface area contributed by atoms with Crippen LogP contribution in [-0.4, -0.2) is 72.6 Å². The molecule has 6 rings (SSSR count). The molecular formula is C47H68NO4S2. The van der Waals surface area contributed by atoms with Crippen molar-refractivity contribution in [2.75, 3.05) is 50.5 Å². The zero-order valence-corrected chi connectivity index (χ0v) is 36.7. The Balaban J connectivity index is 0.000000213. The van der Waals surface area contributed by atoms with Crippen molar-refractivity contribution < 1.29 is 19.3 Å². The Morgan fingerprint density at radius 3 is 2.31 bits per heavy atom. The van der Waals surface area contributed by atoms with E-state index in [-0.39, 0.29) is 32.9 Å². The molecule has 1 radical (unpaired) electrons. The van der Waals surface area contributed by atoms with E-state index in [1.165, 1.54) is 28.7 Å². The fourth-order valence-electron chi connectivity index (χ4n) is 5.77. The Kier molecular flexibility index (Phi) is 15.9. The fraction of sp³-hybridized carbons (Fsp3) is 0.553. The number of anilines is 1. The zero-order chi connectivity index (χ0) is 39.6. The molecule has 1 N–H and O–H groups in total. The van der Waals surface area contributed by atoms with E-state index >= 15 is 0 Å². The van der Waals surface area contributed by atoms with Gasteiger partial charge in [0.1, 0.15) is 17.4 Å². The summed E-state index contributed by atoms with van der Waals surface area (Å²) in [5.74, 6) is 6.97. The number of hydrogen-bond donors (Lipinski definition) is 1. The van der Waals surface area contributed by atoms with Crippen molar-refractivity contribution in [1.29, 1.82) is 0 Å². The highest BCUT2D eigenvalue weighted by atomic mass is 32.3. The summed E-state index contributed by atoms with van der Waals surface area (Å²) < 4.78 is 18.1. The van der Waals surface area contributed by atoms with Gasteiger partial charge in [-0.15, -0.1) is 11.8 Å². The average Bonchev–Trinajstić information content (AvgIpc) is 4.05. The van der Waals surface area contributed by atoms with Crippen molar-refractivity contribution in [3.05, 3.63) is 100 Å². The molecule has 2 unspecified atom stereocenters. The van der Waals surface area contributed by atoms with Crippen LogP contribution in [0.1, 0.15) is 98.1 Å². The van der Waals surface area contributed by atoms with Crippen LogP contribution in [0, 0.1) is 18.3 Å². The van der Waals surface area contributed by atoms with E-state index in [9.17, 15) is 5.11 Å². The number of nitrogens with zero attached hydrogens (tertiary/aromatic N) is 1. The Hall–Kier alpha value is -2.60. The second-order valence-electron chi connectivity index (χ2n) is 16.7. The molecule has 1 fully saturated rings. The molecule has 3 aliphatic carbocycles. The van der Waals surface area contributed by atoms with Crippen LogP contribution >= 0.6 is 21.8 Å². The van der Waals surface area contributed by atoms with Gasteiger partial charge in [-0.1, -0.05) is 93.2 Å². The minimum Gasteiger partial charge on any atom is -0.508 e. The normalized spacial score (nSPS) is 21.8. The van der Waals surface area contributed by atoms with Gasteiger partial charge < -0.3 is 24.2 Å². The minimum absolute atomic E-state index is 0.0770. The third-order valence-corrected chi connectivity index (χ3v) is 16.4. The van der Waals surface area contributed by atoms with Gasteiger partial charge in [-0.2, -0.15) is 0 Å². The number of allylic oxidation sites excluding steroid dienone is 2. The molecule has 3 atom stereocenters. The second-order valence-corrected chi connectivity index (χ2v) is 22.8. The van der Waals surface area contributed by atoms with Crippen molar-refractivity contribution in [3.63, 3.8) is 0 Å². The molecule has 0 bridgehead atoms. The Morgan fingerprint density at radius 1 is 1.11 bits per heavy atom. The van der Waals surface area contributed by atoms with Gasteiger partial charge in [-0.05, 0) is 118 Å². The van der Waals surface area contributed by atoms with E-state index in [1.54, 1.807) is 6.07 Å². The maximum atomic E-state index is 10.2. The number of phenolic OH excluding ortho intramolecular Hbond substituents is 1. The molecule has 1 aliphatic heterocycles.